The summed E-state index contributed by atoms with van der Waals surface area (Å²) >= 11 is 5.02. The van der Waals surface area contributed by atoms with E-state index in [0.717, 1.165) is 14.3 Å². The highest BCUT2D eigenvalue weighted by molar-refractivity contribution is 7.81. The molecule has 0 unspecified atom stereocenters. The van der Waals surface area contributed by atoms with Crippen LogP contribution in [-0.4, -0.2) is 13.0 Å². The summed E-state index contributed by atoms with van der Waals surface area (Å²) in [6.07, 6.45) is 0. The zero-order valence-corrected chi connectivity index (χ0v) is 11.5. The Labute approximate surface area is 110 Å². The third kappa shape index (κ3) is 3.58. The van der Waals surface area contributed by atoms with Crippen LogP contribution < -0.4 is 4.18 Å². The van der Waals surface area contributed by atoms with Gasteiger partial charge in [0.25, 0.3) is 0 Å². The summed E-state index contributed by atoms with van der Waals surface area (Å²) in [5, 5.41) is 0. The van der Waals surface area contributed by atoms with E-state index in [4.69, 9.17) is 16.8 Å². The number of hydrogen-bond donors (Lipinski definition) is 1. The molecule has 1 aromatic heterocycles. The maximum Gasteiger partial charge on any atom is 0.446 e. The van der Waals surface area contributed by atoms with E-state index in [1.165, 1.54) is 22.5 Å². The van der Waals surface area contributed by atoms with Gasteiger partial charge in [-0.2, -0.15) is 8.42 Å². The average Bonchev–Trinajstić information content (AvgIpc) is 2.63. The lowest BCUT2D eigenvalue weighted by Gasteiger charge is -2.01. The van der Waals surface area contributed by atoms with Gasteiger partial charge < -0.3 is 4.18 Å². The molecule has 2 aromatic rings. The highest BCUT2D eigenvalue weighted by atomic mass is 32.9. The van der Waals surface area contributed by atoms with Crippen molar-refractivity contribution in [2.45, 2.75) is 0 Å². The Morgan fingerprint density at radius 3 is 2.29 bits per heavy atom. The first kappa shape index (κ1) is 12.7. The molecule has 0 saturated heterocycles. The van der Waals surface area contributed by atoms with Crippen LogP contribution in [-0.2, 0) is 10.4 Å². The van der Waals surface area contributed by atoms with Gasteiger partial charge in [0, 0.05) is 4.88 Å². The third-order valence-corrected chi connectivity index (χ3v) is 5.12. The number of benzene rings is 1. The number of hydrogen-bond acceptors (Lipinski definition) is 6. The molecule has 17 heavy (non-hydrogen) atoms. The second kappa shape index (κ2) is 4.83. The van der Waals surface area contributed by atoms with Gasteiger partial charge in [-0.3, -0.25) is 4.55 Å². The van der Waals surface area contributed by atoms with Gasteiger partial charge in [-0.25, -0.2) is 0 Å². The molecule has 4 nitrogen and oxygen atoms in total. The molecule has 1 aromatic carbocycles. The summed E-state index contributed by atoms with van der Waals surface area (Å²) in [7, 11) is -1.41. The Morgan fingerprint density at radius 2 is 1.82 bits per heavy atom. The Kier molecular flexibility index (Phi) is 3.59. The fourth-order valence-corrected chi connectivity index (χ4v) is 3.93. The van der Waals surface area contributed by atoms with Gasteiger partial charge in [0.05, 0.1) is 0 Å². The minimum Gasteiger partial charge on any atom is -0.362 e. The Bertz CT molecular complexity index is 666. The van der Waals surface area contributed by atoms with Crippen molar-refractivity contribution < 1.29 is 17.2 Å². The van der Waals surface area contributed by atoms with Crippen LogP contribution in [0.25, 0.3) is 10.4 Å². The molecule has 0 bridgehead atoms. The lowest BCUT2D eigenvalue weighted by molar-refractivity contribution is 0.387. The molecule has 0 amide bonds. The van der Waals surface area contributed by atoms with E-state index < -0.39 is 10.4 Å². The molecule has 0 aliphatic rings. The molecule has 0 fully saturated rings. The first-order chi connectivity index (χ1) is 7.94. The summed E-state index contributed by atoms with van der Waals surface area (Å²) in [6.45, 7) is 0. The minimum atomic E-state index is -4.46. The fourth-order valence-electron chi connectivity index (χ4n) is 1.17. The van der Waals surface area contributed by atoms with Crippen LogP contribution >= 0.6 is 32.9 Å². The van der Waals surface area contributed by atoms with Gasteiger partial charge >= 0.3 is 10.4 Å². The van der Waals surface area contributed by atoms with Crippen molar-refractivity contribution in [2.75, 3.05) is 0 Å². The molecular weight excluding hydrogens is 300 g/mol. The predicted octanol–water partition coefficient (Wildman–Crippen LogP) is 3.39. The van der Waals surface area contributed by atoms with E-state index >= 15 is 0 Å². The normalized spacial score (nSPS) is 11.4. The molecule has 0 spiro atoms. The van der Waals surface area contributed by atoms with Crippen LogP contribution in [0, 0.1) is 3.82 Å². The van der Waals surface area contributed by atoms with Crippen LogP contribution in [0.4, 0.5) is 0 Å². The molecule has 1 N–H and O–H groups in total. The average molecular weight is 306 g/mol. The van der Waals surface area contributed by atoms with Gasteiger partial charge in [0.2, 0.25) is 0 Å². The molecular formula is C9H6O4S4. The first-order valence-electron chi connectivity index (χ1n) is 4.31. The van der Waals surface area contributed by atoms with Crippen molar-refractivity contribution in [3.05, 3.63) is 34.2 Å². The van der Waals surface area contributed by atoms with Crippen LogP contribution in [0.5, 0.6) is 5.75 Å². The molecule has 90 valence electrons. The molecule has 2 rings (SSSR count). The van der Waals surface area contributed by atoms with Gasteiger partial charge in [-0.1, -0.05) is 32.9 Å². The lowest BCUT2D eigenvalue weighted by atomic mass is 10.2. The SMILES string of the molecule is O=S(=O)(O)Oc1ccc(-c2cc(=S)ss2)cc1. The van der Waals surface area contributed by atoms with Gasteiger partial charge in [0.15, 0.2) is 0 Å². The van der Waals surface area contributed by atoms with Crippen LogP contribution in [0.15, 0.2) is 30.3 Å². The van der Waals surface area contributed by atoms with Gasteiger partial charge in [0.1, 0.15) is 9.57 Å². The van der Waals surface area contributed by atoms with Crippen molar-refractivity contribution in [1.29, 1.82) is 0 Å². The second-order valence-electron chi connectivity index (χ2n) is 3.03. The zero-order valence-electron chi connectivity index (χ0n) is 8.19. The van der Waals surface area contributed by atoms with Crippen LogP contribution in [0.1, 0.15) is 0 Å². The van der Waals surface area contributed by atoms with Crippen LogP contribution in [0.2, 0.25) is 0 Å². The first-order valence-corrected chi connectivity index (χ1v) is 8.24. The quantitative estimate of drug-likeness (QED) is 0.535. The van der Waals surface area contributed by atoms with E-state index in [0.29, 0.717) is 0 Å². The van der Waals surface area contributed by atoms with Crippen molar-refractivity contribution in [3.8, 4) is 16.2 Å². The molecule has 0 radical (unpaired) electrons. The molecule has 0 aliphatic heterocycles. The van der Waals surface area contributed by atoms with Crippen LogP contribution in [0.3, 0.4) is 0 Å². The zero-order chi connectivity index (χ0) is 12.5. The van der Waals surface area contributed by atoms with Crippen molar-refractivity contribution in [3.63, 3.8) is 0 Å². The Morgan fingerprint density at radius 1 is 1.18 bits per heavy atom. The van der Waals surface area contributed by atoms with Gasteiger partial charge in [-0.05, 0) is 35.9 Å². The smallest absolute Gasteiger partial charge is 0.362 e. The highest BCUT2D eigenvalue weighted by Gasteiger charge is 2.07. The fraction of sp³-hybridized carbons (Fsp3) is 0. The lowest BCUT2D eigenvalue weighted by Crippen LogP contribution is -2.06. The second-order valence-corrected chi connectivity index (χ2v) is 6.96. The van der Waals surface area contributed by atoms with E-state index in [1.54, 1.807) is 22.5 Å². The summed E-state index contributed by atoms with van der Waals surface area (Å²) in [5.74, 6) is 0.0649. The molecule has 0 aliphatic carbocycles. The maximum absolute atomic E-state index is 10.5. The highest BCUT2D eigenvalue weighted by Crippen LogP contribution is 2.30. The van der Waals surface area contributed by atoms with E-state index in [-0.39, 0.29) is 5.75 Å². The summed E-state index contributed by atoms with van der Waals surface area (Å²) in [4.78, 5) is 1.01. The van der Waals surface area contributed by atoms with Crippen molar-refractivity contribution in [1.82, 2.24) is 0 Å². The monoisotopic (exact) mass is 306 g/mol. The third-order valence-electron chi connectivity index (χ3n) is 1.80. The molecule has 1 heterocycles. The topological polar surface area (TPSA) is 63.6 Å². The minimum absolute atomic E-state index is 0.0649. The standard InChI is InChI=1S/C9H6O4S4/c10-17(11,12)13-7-3-1-6(2-4-7)8-5-9(14)16-15-8/h1-5H,(H,10,11,12). The summed E-state index contributed by atoms with van der Waals surface area (Å²) < 4.78 is 34.6. The van der Waals surface area contributed by atoms with Crippen molar-refractivity contribution >= 4 is 43.3 Å². The predicted molar refractivity (Wildman–Crippen MR) is 70.6 cm³/mol. The Balaban J connectivity index is 2.27. The van der Waals surface area contributed by atoms with E-state index in [9.17, 15) is 8.42 Å². The Hall–Kier alpha value is -0.800. The molecule has 0 saturated carbocycles. The number of rotatable bonds is 3. The summed E-state index contributed by atoms with van der Waals surface area (Å²) in [6, 6.07) is 8.22. The van der Waals surface area contributed by atoms with E-state index in [1.807, 2.05) is 6.07 Å². The van der Waals surface area contributed by atoms with E-state index in [2.05, 4.69) is 4.18 Å². The molecule has 8 heteroatoms. The van der Waals surface area contributed by atoms with Gasteiger partial charge in [-0.15, -0.1) is 0 Å². The molecule has 0 atom stereocenters. The summed E-state index contributed by atoms with van der Waals surface area (Å²) in [5.41, 5.74) is 0.921. The van der Waals surface area contributed by atoms with Crippen molar-refractivity contribution in [2.24, 2.45) is 0 Å². The maximum atomic E-state index is 10.5. The largest absolute Gasteiger partial charge is 0.446 e.